The molecule has 0 unspecified atom stereocenters. The molecule has 1 aliphatic rings. The minimum atomic E-state index is 0.530. The van der Waals surface area contributed by atoms with E-state index in [9.17, 15) is 0 Å². The van der Waals surface area contributed by atoms with Crippen LogP contribution in [0.5, 0.6) is 0 Å². The average Bonchev–Trinajstić information content (AvgIpc) is 2.23. The second-order valence-corrected chi connectivity index (χ2v) is 4.73. The average molecular weight is 225 g/mol. The molecule has 2 nitrogen and oxygen atoms in total. The van der Waals surface area contributed by atoms with Crippen LogP contribution < -0.4 is 0 Å². The number of piperidine rings is 1. The Hall–Kier alpha value is -0.600. The van der Waals surface area contributed by atoms with Crippen molar-refractivity contribution in [3.8, 4) is 0 Å². The van der Waals surface area contributed by atoms with Crippen molar-refractivity contribution in [2.75, 3.05) is 13.6 Å². The van der Waals surface area contributed by atoms with Gasteiger partial charge in [0.15, 0.2) is 0 Å². The van der Waals surface area contributed by atoms with Crippen molar-refractivity contribution in [1.82, 2.24) is 9.88 Å². The van der Waals surface area contributed by atoms with Gasteiger partial charge in [0, 0.05) is 12.2 Å². The highest BCUT2D eigenvalue weighted by Gasteiger charge is 2.21. The van der Waals surface area contributed by atoms with Crippen LogP contribution in [0, 0.1) is 6.92 Å². The summed E-state index contributed by atoms with van der Waals surface area (Å²) in [6, 6.07) is 2.70. The molecular weight excluding hydrogens is 208 g/mol. The highest BCUT2D eigenvalue weighted by molar-refractivity contribution is 6.30. The van der Waals surface area contributed by atoms with E-state index in [1.165, 1.54) is 31.4 Å². The maximum absolute atomic E-state index is 5.93. The molecule has 0 spiro atoms. The molecule has 1 atom stereocenters. The number of aryl methyl sites for hydroxylation is 1. The third-order valence-corrected chi connectivity index (χ3v) is 3.59. The first kappa shape index (κ1) is 10.9. The molecule has 1 saturated heterocycles. The molecule has 0 aliphatic carbocycles. The van der Waals surface area contributed by atoms with Gasteiger partial charge in [0.2, 0.25) is 0 Å². The van der Waals surface area contributed by atoms with Gasteiger partial charge in [0.1, 0.15) is 5.15 Å². The molecule has 2 rings (SSSR count). The SMILES string of the molecule is Cc1cc([C@H]2CCCCN2C)cnc1Cl. The van der Waals surface area contributed by atoms with Gasteiger partial charge in [-0.2, -0.15) is 0 Å². The van der Waals surface area contributed by atoms with Crippen molar-refractivity contribution >= 4 is 11.6 Å². The lowest BCUT2D eigenvalue weighted by atomic mass is 9.96. The van der Waals surface area contributed by atoms with E-state index in [0.29, 0.717) is 11.2 Å². The first-order chi connectivity index (χ1) is 7.18. The highest BCUT2D eigenvalue weighted by atomic mass is 35.5. The van der Waals surface area contributed by atoms with E-state index in [1.54, 1.807) is 0 Å². The third kappa shape index (κ3) is 2.32. The second-order valence-electron chi connectivity index (χ2n) is 4.37. The normalized spacial score (nSPS) is 23.0. The van der Waals surface area contributed by atoms with E-state index in [0.717, 1.165) is 5.56 Å². The summed E-state index contributed by atoms with van der Waals surface area (Å²) in [5.74, 6) is 0. The van der Waals surface area contributed by atoms with E-state index in [-0.39, 0.29) is 0 Å². The molecule has 1 aromatic heterocycles. The fraction of sp³-hybridized carbons (Fsp3) is 0.583. The lowest BCUT2D eigenvalue weighted by Crippen LogP contribution is -2.29. The molecular formula is C12H17ClN2. The quantitative estimate of drug-likeness (QED) is 0.681. The van der Waals surface area contributed by atoms with E-state index >= 15 is 0 Å². The molecule has 15 heavy (non-hydrogen) atoms. The topological polar surface area (TPSA) is 16.1 Å². The number of rotatable bonds is 1. The molecule has 1 aromatic rings. The zero-order valence-corrected chi connectivity index (χ0v) is 10.1. The maximum Gasteiger partial charge on any atom is 0.131 e. The first-order valence-corrected chi connectivity index (χ1v) is 5.88. The number of pyridine rings is 1. The van der Waals surface area contributed by atoms with Gasteiger partial charge >= 0.3 is 0 Å². The monoisotopic (exact) mass is 224 g/mol. The molecule has 2 heterocycles. The Morgan fingerprint density at radius 3 is 2.93 bits per heavy atom. The van der Waals surface area contributed by atoms with Crippen molar-refractivity contribution in [2.24, 2.45) is 0 Å². The van der Waals surface area contributed by atoms with Gasteiger partial charge in [-0.05, 0) is 50.6 Å². The molecule has 1 aliphatic heterocycles. The van der Waals surface area contributed by atoms with Crippen molar-refractivity contribution in [2.45, 2.75) is 32.2 Å². The number of halogens is 1. The van der Waals surface area contributed by atoms with E-state index < -0.39 is 0 Å². The summed E-state index contributed by atoms with van der Waals surface area (Å²) >= 11 is 5.93. The van der Waals surface area contributed by atoms with Crippen LogP contribution in [0.4, 0.5) is 0 Å². The van der Waals surface area contributed by atoms with Gasteiger partial charge in [-0.1, -0.05) is 18.0 Å². The van der Waals surface area contributed by atoms with Crippen LogP contribution in [0.25, 0.3) is 0 Å². The Bertz CT molecular complexity index is 351. The minimum absolute atomic E-state index is 0.530. The summed E-state index contributed by atoms with van der Waals surface area (Å²) in [5, 5.41) is 0.622. The predicted molar refractivity (Wildman–Crippen MR) is 63.2 cm³/mol. The number of likely N-dealkylation sites (tertiary alicyclic amines) is 1. The molecule has 0 aromatic carbocycles. The Labute approximate surface area is 96.3 Å². The number of aromatic nitrogens is 1. The fourth-order valence-corrected chi connectivity index (χ4v) is 2.36. The molecule has 0 radical (unpaired) electrons. The molecule has 0 N–H and O–H groups in total. The standard InChI is InChI=1S/C12H17ClN2/c1-9-7-10(8-14-12(9)13)11-5-3-4-6-15(11)2/h7-8,11H,3-6H2,1-2H3/t11-/m1/s1. The highest BCUT2D eigenvalue weighted by Crippen LogP contribution is 2.30. The third-order valence-electron chi connectivity index (χ3n) is 3.19. The Balaban J connectivity index is 2.24. The van der Waals surface area contributed by atoms with Crippen LogP contribution in [-0.4, -0.2) is 23.5 Å². The van der Waals surface area contributed by atoms with Crippen LogP contribution in [-0.2, 0) is 0 Å². The zero-order valence-electron chi connectivity index (χ0n) is 9.33. The van der Waals surface area contributed by atoms with E-state index in [1.807, 2.05) is 13.1 Å². The summed E-state index contributed by atoms with van der Waals surface area (Å²) < 4.78 is 0. The fourth-order valence-electron chi connectivity index (χ4n) is 2.26. The summed E-state index contributed by atoms with van der Waals surface area (Å²) in [6.45, 7) is 3.20. The summed E-state index contributed by atoms with van der Waals surface area (Å²) in [7, 11) is 2.19. The molecule has 82 valence electrons. The molecule has 0 bridgehead atoms. The van der Waals surface area contributed by atoms with Gasteiger partial charge in [-0.3, -0.25) is 4.90 Å². The largest absolute Gasteiger partial charge is 0.299 e. The van der Waals surface area contributed by atoms with Crippen molar-refractivity contribution in [3.05, 3.63) is 28.5 Å². The van der Waals surface area contributed by atoms with Crippen LogP contribution in [0.3, 0.4) is 0 Å². The Morgan fingerprint density at radius 1 is 1.47 bits per heavy atom. The van der Waals surface area contributed by atoms with E-state index in [4.69, 9.17) is 11.6 Å². The van der Waals surface area contributed by atoms with Gasteiger partial charge in [-0.25, -0.2) is 4.98 Å². The van der Waals surface area contributed by atoms with E-state index in [2.05, 4.69) is 23.0 Å². The van der Waals surface area contributed by atoms with Gasteiger partial charge in [0.05, 0.1) is 0 Å². The predicted octanol–water partition coefficient (Wildman–Crippen LogP) is 3.20. The number of hydrogen-bond donors (Lipinski definition) is 0. The summed E-state index contributed by atoms with van der Waals surface area (Å²) in [4.78, 5) is 6.64. The molecule has 0 amide bonds. The summed E-state index contributed by atoms with van der Waals surface area (Å²) in [6.07, 6.45) is 5.78. The van der Waals surface area contributed by atoms with Crippen LogP contribution in [0.15, 0.2) is 12.3 Å². The molecule has 0 saturated carbocycles. The Kier molecular flexibility index (Phi) is 3.27. The lowest BCUT2D eigenvalue weighted by molar-refractivity contribution is 0.187. The molecule has 1 fully saturated rings. The lowest BCUT2D eigenvalue weighted by Gasteiger charge is -2.32. The van der Waals surface area contributed by atoms with Crippen LogP contribution in [0.2, 0.25) is 5.15 Å². The number of nitrogens with zero attached hydrogens (tertiary/aromatic N) is 2. The second kappa shape index (κ2) is 4.50. The van der Waals surface area contributed by atoms with Gasteiger partial charge < -0.3 is 0 Å². The van der Waals surface area contributed by atoms with Gasteiger partial charge in [-0.15, -0.1) is 0 Å². The van der Waals surface area contributed by atoms with Gasteiger partial charge in [0.25, 0.3) is 0 Å². The number of hydrogen-bond acceptors (Lipinski definition) is 2. The zero-order chi connectivity index (χ0) is 10.8. The van der Waals surface area contributed by atoms with Crippen molar-refractivity contribution in [1.29, 1.82) is 0 Å². The first-order valence-electron chi connectivity index (χ1n) is 5.51. The Morgan fingerprint density at radius 2 is 2.27 bits per heavy atom. The van der Waals surface area contributed by atoms with Crippen LogP contribution in [0.1, 0.15) is 36.4 Å². The van der Waals surface area contributed by atoms with Crippen molar-refractivity contribution in [3.63, 3.8) is 0 Å². The smallest absolute Gasteiger partial charge is 0.131 e. The van der Waals surface area contributed by atoms with Crippen LogP contribution >= 0.6 is 11.6 Å². The minimum Gasteiger partial charge on any atom is -0.299 e. The summed E-state index contributed by atoms with van der Waals surface area (Å²) in [5.41, 5.74) is 2.38. The van der Waals surface area contributed by atoms with Crippen molar-refractivity contribution < 1.29 is 0 Å². The maximum atomic E-state index is 5.93. The molecule has 3 heteroatoms.